The summed E-state index contributed by atoms with van der Waals surface area (Å²) in [6.45, 7) is 2.04. The predicted octanol–water partition coefficient (Wildman–Crippen LogP) is 3.20. The predicted molar refractivity (Wildman–Crippen MR) is 63.5 cm³/mol. The van der Waals surface area contributed by atoms with E-state index in [4.69, 9.17) is 11.5 Å². The molecule has 0 aliphatic heterocycles. The van der Waals surface area contributed by atoms with Crippen molar-refractivity contribution < 1.29 is 0 Å². The SMILES string of the molecule is CCC(N)c1cc(Br)cc(Br)c1N. The first-order valence-electron chi connectivity index (χ1n) is 4.06. The lowest BCUT2D eigenvalue weighted by atomic mass is 10.0. The molecule has 0 heterocycles. The number of anilines is 1. The quantitative estimate of drug-likeness (QED) is 0.824. The van der Waals surface area contributed by atoms with Gasteiger partial charge in [-0.05, 0) is 40.0 Å². The van der Waals surface area contributed by atoms with Crippen LogP contribution in [0.4, 0.5) is 5.69 Å². The molecule has 1 aromatic rings. The highest BCUT2D eigenvalue weighted by molar-refractivity contribution is 9.11. The Morgan fingerprint density at radius 2 is 2.00 bits per heavy atom. The molecule has 4 heteroatoms. The molecule has 4 N–H and O–H groups in total. The van der Waals surface area contributed by atoms with Crippen molar-refractivity contribution in [2.45, 2.75) is 19.4 Å². The molecular formula is C9H12Br2N2. The molecular weight excluding hydrogens is 296 g/mol. The summed E-state index contributed by atoms with van der Waals surface area (Å²) in [5.74, 6) is 0. The van der Waals surface area contributed by atoms with Crippen molar-refractivity contribution in [3.05, 3.63) is 26.6 Å². The fourth-order valence-electron chi connectivity index (χ4n) is 1.13. The van der Waals surface area contributed by atoms with E-state index in [2.05, 4.69) is 31.9 Å². The summed E-state index contributed by atoms with van der Waals surface area (Å²) >= 11 is 6.79. The van der Waals surface area contributed by atoms with Gasteiger partial charge in [-0.25, -0.2) is 0 Å². The summed E-state index contributed by atoms with van der Waals surface area (Å²) in [6, 6.07) is 3.89. The van der Waals surface area contributed by atoms with Crippen LogP contribution >= 0.6 is 31.9 Å². The van der Waals surface area contributed by atoms with Gasteiger partial charge in [0.15, 0.2) is 0 Å². The number of nitrogens with two attached hydrogens (primary N) is 2. The second kappa shape index (κ2) is 4.44. The maximum atomic E-state index is 5.91. The summed E-state index contributed by atoms with van der Waals surface area (Å²) in [6.07, 6.45) is 0.882. The third-order valence-electron chi connectivity index (χ3n) is 1.97. The lowest BCUT2D eigenvalue weighted by Gasteiger charge is -2.13. The molecule has 13 heavy (non-hydrogen) atoms. The smallest absolute Gasteiger partial charge is 0.0507 e. The molecule has 0 fully saturated rings. The van der Waals surface area contributed by atoms with E-state index in [0.717, 1.165) is 26.6 Å². The standard InChI is InChI=1S/C9H12Br2N2/c1-2-8(12)6-3-5(10)4-7(11)9(6)13/h3-4,8H,2,12-13H2,1H3. The van der Waals surface area contributed by atoms with Gasteiger partial charge in [0.2, 0.25) is 0 Å². The second-order valence-electron chi connectivity index (χ2n) is 2.91. The highest BCUT2D eigenvalue weighted by atomic mass is 79.9. The van der Waals surface area contributed by atoms with E-state index in [1.54, 1.807) is 0 Å². The lowest BCUT2D eigenvalue weighted by Crippen LogP contribution is -2.11. The lowest BCUT2D eigenvalue weighted by molar-refractivity contribution is 0.700. The highest BCUT2D eigenvalue weighted by Gasteiger charge is 2.10. The monoisotopic (exact) mass is 306 g/mol. The average Bonchev–Trinajstić information content (AvgIpc) is 2.10. The van der Waals surface area contributed by atoms with Gasteiger partial charge in [0.1, 0.15) is 0 Å². The zero-order valence-corrected chi connectivity index (χ0v) is 10.5. The largest absolute Gasteiger partial charge is 0.398 e. The molecule has 0 aliphatic carbocycles. The summed E-state index contributed by atoms with van der Waals surface area (Å²) in [4.78, 5) is 0. The van der Waals surface area contributed by atoms with Gasteiger partial charge < -0.3 is 11.5 Å². The molecule has 0 amide bonds. The summed E-state index contributed by atoms with van der Waals surface area (Å²) < 4.78 is 1.88. The number of halogens is 2. The van der Waals surface area contributed by atoms with Crippen LogP contribution < -0.4 is 11.5 Å². The molecule has 1 rings (SSSR count). The molecule has 2 nitrogen and oxygen atoms in total. The van der Waals surface area contributed by atoms with Crippen LogP contribution in [0.2, 0.25) is 0 Å². The highest BCUT2D eigenvalue weighted by Crippen LogP contribution is 2.31. The molecule has 0 spiro atoms. The van der Waals surface area contributed by atoms with Crippen molar-refractivity contribution in [2.75, 3.05) is 5.73 Å². The first-order chi connectivity index (χ1) is 6.06. The second-order valence-corrected chi connectivity index (χ2v) is 4.68. The molecule has 0 aliphatic rings. The van der Waals surface area contributed by atoms with Crippen LogP contribution in [0.1, 0.15) is 24.9 Å². The number of hydrogen-bond donors (Lipinski definition) is 2. The Balaban J connectivity index is 3.20. The number of hydrogen-bond acceptors (Lipinski definition) is 2. The van der Waals surface area contributed by atoms with Crippen molar-refractivity contribution in [1.82, 2.24) is 0 Å². The van der Waals surface area contributed by atoms with Crippen LogP contribution in [0, 0.1) is 0 Å². The Labute approximate surface area is 94.9 Å². The van der Waals surface area contributed by atoms with E-state index in [9.17, 15) is 0 Å². The minimum atomic E-state index is 0.00815. The van der Waals surface area contributed by atoms with E-state index < -0.39 is 0 Å². The zero-order valence-electron chi connectivity index (χ0n) is 7.35. The van der Waals surface area contributed by atoms with Crippen LogP contribution in [-0.2, 0) is 0 Å². The third-order valence-corrected chi connectivity index (χ3v) is 3.08. The van der Waals surface area contributed by atoms with Crippen LogP contribution in [0.3, 0.4) is 0 Å². The normalized spacial score (nSPS) is 12.9. The molecule has 1 unspecified atom stereocenters. The van der Waals surface area contributed by atoms with Gasteiger partial charge >= 0.3 is 0 Å². The summed E-state index contributed by atoms with van der Waals surface area (Å²) in [5.41, 5.74) is 13.5. The first-order valence-corrected chi connectivity index (χ1v) is 5.64. The van der Waals surface area contributed by atoms with E-state index in [0.29, 0.717) is 0 Å². The third kappa shape index (κ3) is 2.45. The first kappa shape index (κ1) is 11.0. The maximum Gasteiger partial charge on any atom is 0.0507 e. The van der Waals surface area contributed by atoms with Crippen molar-refractivity contribution in [3.8, 4) is 0 Å². The van der Waals surface area contributed by atoms with Gasteiger partial charge in [-0.2, -0.15) is 0 Å². The molecule has 0 radical (unpaired) electrons. The zero-order chi connectivity index (χ0) is 10.0. The van der Waals surface area contributed by atoms with E-state index in [-0.39, 0.29) is 6.04 Å². The van der Waals surface area contributed by atoms with Crippen molar-refractivity contribution in [2.24, 2.45) is 5.73 Å². The van der Waals surface area contributed by atoms with Gasteiger partial charge in [0.05, 0.1) is 5.69 Å². The molecule has 0 bridgehead atoms. The van der Waals surface area contributed by atoms with Gasteiger partial charge in [-0.1, -0.05) is 22.9 Å². The van der Waals surface area contributed by atoms with Gasteiger partial charge in [0.25, 0.3) is 0 Å². The maximum absolute atomic E-state index is 5.91. The topological polar surface area (TPSA) is 52.0 Å². The Bertz CT molecular complexity index is 313. The Morgan fingerprint density at radius 3 is 2.54 bits per heavy atom. The number of rotatable bonds is 2. The van der Waals surface area contributed by atoms with Gasteiger partial charge in [0, 0.05) is 15.0 Å². The van der Waals surface area contributed by atoms with Crippen molar-refractivity contribution >= 4 is 37.5 Å². The van der Waals surface area contributed by atoms with Crippen molar-refractivity contribution in [3.63, 3.8) is 0 Å². The Morgan fingerprint density at radius 1 is 1.38 bits per heavy atom. The summed E-state index contributed by atoms with van der Waals surface area (Å²) in [7, 11) is 0. The fraction of sp³-hybridized carbons (Fsp3) is 0.333. The van der Waals surface area contributed by atoms with Gasteiger partial charge in [-0.15, -0.1) is 0 Å². The molecule has 1 aromatic carbocycles. The minimum absolute atomic E-state index is 0.00815. The summed E-state index contributed by atoms with van der Waals surface area (Å²) in [5, 5.41) is 0. The van der Waals surface area contributed by atoms with E-state index in [1.165, 1.54) is 0 Å². The van der Waals surface area contributed by atoms with Gasteiger partial charge in [-0.3, -0.25) is 0 Å². The van der Waals surface area contributed by atoms with Crippen LogP contribution in [-0.4, -0.2) is 0 Å². The number of nitrogen functional groups attached to an aromatic ring is 1. The molecule has 72 valence electrons. The molecule has 0 saturated carbocycles. The fourth-order valence-corrected chi connectivity index (χ4v) is 2.39. The van der Waals surface area contributed by atoms with Crippen LogP contribution in [0.5, 0.6) is 0 Å². The van der Waals surface area contributed by atoms with E-state index in [1.807, 2.05) is 19.1 Å². The molecule has 1 atom stereocenters. The Kier molecular flexibility index (Phi) is 3.76. The van der Waals surface area contributed by atoms with Crippen LogP contribution in [0.25, 0.3) is 0 Å². The Hall–Kier alpha value is -0.0600. The minimum Gasteiger partial charge on any atom is -0.398 e. The van der Waals surface area contributed by atoms with Crippen molar-refractivity contribution in [1.29, 1.82) is 0 Å². The average molecular weight is 308 g/mol. The number of benzene rings is 1. The van der Waals surface area contributed by atoms with E-state index >= 15 is 0 Å². The molecule has 0 aromatic heterocycles. The molecule has 0 saturated heterocycles. The van der Waals surface area contributed by atoms with Crippen LogP contribution in [0.15, 0.2) is 21.1 Å².